The van der Waals surface area contributed by atoms with E-state index < -0.39 is 23.3 Å². The summed E-state index contributed by atoms with van der Waals surface area (Å²) in [5, 5.41) is 1.47. The fraction of sp³-hybridized carbons (Fsp3) is 0.231. The minimum Gasteiger partial charge on any atom is -0.426 e. The first-order valence-corrected chi connectivity index (χ1v) is 10.9. The molecule has 0 aliphatic carbocycles. The number of para-hydroxylation sites is 1. The second-order valence-electron chi connectivity index (χ2n) is 8.65. The Balaban J connectivity index is 1.66. The van der Waals surface area contributed by atoms with E-state index >= 15 is 0 Å². The number of carbonyl (C=O) groups is 2. The lowest BCUT2D eigenvalue weighted by atomic mass is 9.84. The molecule has 6 rings (SSSR count). The Morgan fingerprint density at radius 3 is 2.73 bits per heavy atom. The summed E-state index contributed by atoms with van der Waals surface area (Å²) >= 11 is 0. The number of carbonyl (C=O) groups excluding carboxylic acids is 2. The highest BCUT2D eigenvalue weighted by Crippen LogP contribution is 2.42. The second kappa shape index (κ2) is 7.00. The zero-order valence-electron chi connectivity index (χ0n) is 17.8. The smallest absolute Gasteiger partial charge is 0.347 e. The molecule has 4 heterocycles. The van der Waals surface area contributed by atoms with E-state index in [-0.39, 0.29) is 28.9 Å². The van der Waals surface area contributed by atoms with Crippen LogP contribution < -0.4 is 15.9 Å². The number of nitrogens with zero attached hydrogens (tertiary/aromatic N) is 1. The molecule has 2 aromatic carbocycles. The molecule has 7 nitrogen and oxygen atoms in total. The number of hydrogen-bond donors (Lipinski definition) is 0. The zero-order valence-corrected chi connectivity index (χ0v) is 17.8. The van der Waals surface area contributed by atoms with Crippen molar-refractivity contribution in [2.75, 3.05) is 0 Å². The maximum atomic E-state index is 13.6. The number of rotatable bonds is 2. The summed E-state index contributed by atoms with van der Waals surface area (Å²) in [5.41, 5.74) is 2.29. The SMILES string of the molecule is CC(=O)c1cc2ccc3c(c2oc1=O)C(c1cc2cccc4c2n(c1=O)CCC4)CC(=O)O3. The van der Waals surface area contributed by atoms with Crippen molar-refractivity contribution in [3.05, 3.63) is 85.5 Å². The van der Waals surface area contributed by atoms with Crippen molar-refractivity contribution in [1.29, 1.82) is 0 Å². The standard InChI is InChI=1S/C26H19NO6/c1-13(28)17-11-16-7-8-20-22(24(16)33-26(17)31)18(12-21(29)32-20)19-10-15-5-2-4-14-6-3-9-27(23(14)15)25(19)30/h2,4-5,7-8,10-11,18H,3,6,9,12H2,1H3. The van der Waals surface area contributed by atoms with Crippen LogP contribution in [0.3, 0.4) is 0 Å². The predicted octanol–water partition coefficient (Wildman–Crippen LogP) is 3.70. The Kier molecular flexibility index (Phi) is 4.17. The molecule has 33 heavy (non-hydrogen) atoms. The van der Waals surface area contributed by atoms with E-state index in [0.29, 0.717) is 23.1 Å². The molecule has 0 amide bonds. The van der Waals surface area contributed by atoms with Crippen molar-refractivity contribution in [3.63, 3.8) is 0 Å². The Hall–Kier alpha value is -4.00. The van der Waals surface area contributed by atoms with Crippen molar-refractivity contribution < 1.29 is 18.7 Å². The Morgan fingerprint density at radius 2 is 1.91 bits per heavy atom. The van der Waals surface area contributed by atoms with Gasteiger partial charge < -0.3 is 13.7 Å². The first-order valence-electron chi connectivity index (χ1n) is 10.9. The van der Waals surface area contributed by atoms with Gasteiger partial charge in [0.15, 0.2) is 5.78 Å². The number of ether oxygens (including phenoxy) is 1. The minimum atomic E-state index is -0.756. The number of benzene rings is 2. The van der Waals surface area contributed by atoms with Crippen LogP contribution in [-0.4, -0.2) is 16.3 Å². The molecule has 2 aliphatic rings. The Labute approximate surface area is 187 Å². The van der Waals surface area contributed by atoms with Gasteiger partial charge in [-0.15, -0.1) is 0 Å². The number of aromatic nitrogens is 1. The van der Waals surface area contributed by atoms with Crippen LogP contribution in [0.4, 0.5) is 0 Å². The van der Waals surface area contributed by atoms with E-state index in [1.807, 2.05) is 24.3 Å². The first kappa shape index (κ1) is 19.7. The van der Waals surface area contributed by atoms with Crippen LogP contribution in [-0.2, 0) is 17.8 Å². The third-order valence-corrected chi connectivity index (χ3v) is 6.65. The van der Waals surface area contributed by atoms with Crippen LogP contribution in [0, 0.1) is 0 Å². The highest BCUT2D eigenvalue weighted by molar-refractivity contribution is 5.98. The fourth-order valence-electron chi connectivity index (χ4n) is 5.19. The largest absolute Gasteiger partial charge is 0.426 e. The number of aryl methyl sites for hydroxylation is 2. The normalized spacial score (nSPS) is 17.1. The summed E-state index contributed by atoms with van der Waals surface area (Å²) in [7, 11) is 0. The molecule has 7 heteroatoms. The van der Waals surface area contributed by atoms with Crippen LogP contribution >= 0.6 is 0 Å². The first-order chi connectivity index (χ1) is 15.9. The molecular weight excluding hydrogens is 422 g/mol. The quantitative estimate of drug-likeness (QED) is 0.204. The van der Waals surface area contributed by atoms with Crippen LogP contribution in [0.15, 0.2) is 56.5 Å². The van der Waals surface area contributed by atoms with Crippen molar-refractivity contribution in [3.8, 4) is 5.75 Å². The van der Waals surface area contributed by atoms with Gasteiger partial charge in [-0.1, -0.05) is 18.2 Å². The molecule has 1 unspecified atom stereocenters. The lowest BCUT2D eigenvalue weighted by Gasteiger charge is -2.27. The molecule has 0 radical (unpaired) electrons. The summed E-state index contributed by atoms with van der Waals surface area (Å²) in [6.07, 6.45) is 1.73. The van der Waals surface area contributed by atoms with Crippen molar-refractivity contribution in [2.45, 2.75) is 38.6 Å². The van der Waals surface area contributed by atoms with Gasteiger partial charge in [0, 0.05) is 29.0 Å². The van der Waals surface area contributed by atoms with Crippen molar-refractivity contribution in [2.24, 2.45) is 0 Å². The summed E-state index contributed by atoms with van der Waals surface area (Å²) in [6, 6.07) is 12.6. The zero-order chi connectivity index (χ0) is 22.9. The number of fused-ring (bicyclic) bond motifs is 3. The van der Waals surface area contributed by atoms with Crippen LogP contribution in [0.2, 0.25) is 0 Å². The third-order valence-electron chi connectivity index (χ3n) is 6.65. The molecule has 0 bridgehead atoms. The Morgan fingerprint density at radius 1 is 1.06 bits per heavy atom. The fourth-order valence-corrected chi connectivity index (χ4v) is 5.19. The van der Waals surface area contributed by atoms with Gasteiger partial charge in [0.25, 0.3) is 5.56 Å². The molecular formula is C26H19NO6. The molecule has 0 saturated heterocycles. The van der Waals surface area contributed by atoms with Gasteiger partial charge in [0.05, 0.1) is 11.9 Å². The third kappa shape index (κ3) is 2.88. The van der Waals surface area contributed by atoms with Gasteiger partial charge in [-0.05, 0) is 55.0 Å². The number of pyridine rings is 1. The summed E-state index contributed by atoms with van der Waals surface area (Å²) in [4.78, 5) is 50.4. The van der Waals surface area contributed by atoms with Gasteiger partial charge in [-0.2, -0.15) is 0 Å². The number of hydrogen-bond acceptors (Lipinski definition) is 6. The molecule has 0 saturated carbocycles. The van der Waals surface area contributed by atoms with Crippen LogP contribution in [0.1, 0.15) is 52.7 Å². The van der Waals surface area contributed by atoms with E-state index in [4.69, 9.17) is 9.15 Å². The number of esters is 1. The van der Waals surface area contributed by atoms with E-state index in [9.17, 15) is 19.2 Å². The van der Waals surface area contributed by atoms with Gasteiger partial charge in [0.1, 0.15) is 16.9 Å². The van der Waals surface area contributed by atoms with Gasteiger partial charge in [-0.25, -0.2) is 4.79 Å². The topological polar surface area (TPSA) is 95.6 Å². The summed E-state index contributed by atoms with van der Waals surface area (Å²) in [6.45, 7) is 1.91. The second-order valence-corrected chi connectivity index (χ2v) is 8.65. The maximum absolute atomic E-state index is 13.6. The molecule has 2 aromatic heterocycles. The Bertz CT molecular complexity index is 1640. The van der Waals surface area contributed by atoms with Crippen molar-refractivity contribution >= 4 is 33.6 Å². The molecule has 4 aromatic rings. The monoisotopic (exact) mass is 441 g/mol. The molecule has 0 spiro atoms. The lowest BCUT2D eigenvalue weighted by Crippen LogP contribution is -2.31. The highest BCUT2D eigenvalue weighted by atomic mass is 16.5. The maximum Gasteiger partial charge on any atom is 0.347 e. The molecule has 164 valence electrons. The molecule has 0 N–H and O–H groups in total. The highest BCUT2D eigenvalue weighted by Gasteiger charge is 2.34. The van der Waals surface area contributed by atoms with Gasteiger partial charge >= 0.3 is 11.6 Å². The van der Waals surface area contributed by atoms with Gasteiger partial charge in [-0.3, -0.25) is 14.4 Å². The number of Topliss-reactive ketones (excluding diaryl/α,β-unsaturated/α-hetero) is 1. The minimum absolute atomic E-state index is 0.0467. The van der Waals surface area contributed by atoms with E-state index in [1.54, 1.807) is 16.7 Å². The van der Waals surface area contributed by atoms with Gasteiger partial charge in [0.2, 0.25) is 0 Å². The summed E-state index contributed by atoms with van der Waals surface area (Å²) in [5.74, 6) is -1.23. The van der Waals surface area contributed by atoms with E-state index in [1.165, 1.54) is 13.0 Å². The predicted molar refractivity (Wildman–Crippen MR) is 121 cm³/mol. The van der Waals surface area contributed by atoms with E-state index in [0.717, 1.165) is 29.3 Å². The van der Waals surface area contributed by atoms with Crippen LogP contribution in [0.25, 0.3) is 21.9 Å². The lowest BCUT2D eigenvalue weighted by molar-refractivity contribution is -0.135. The average molecular weight is 441 g/mol. The van der Waals surface area contributed by atoms with Crippen molar-refractivity contribution in [1.82, 2.24) is 4.57 Å². The molecule has 0 fully saturated rings. The molecule has 2 aliphatic heterocycles. The average Bonchev–Trinajstić information content (AvgIpc) is 2.80. The molecule has 1 atom stereocenters. The number of ketones is 1. The van der Waals surface area contributed by atoms with E-state index in [2.05, 4.69) is 0 Å². The summed E-state index contributed by atoms with van der Waals surface area (Å²) < 4.78 is 12.8. The van der Waals surface area contributed by atoms with Crippen LogP contribution in [0.5, 0.6) is 5.75 Å².